The number of ether oxygens (including phenoxy) is 2. The first-order valence-corrected chi connectivity index (χ1v) is 4.60. The molecule has 1 aromatic rings. The number of halogens is 1. The van der Waals surface area contributed by atoms with Crippen molar-refractivity contribution in [1.82, 2.24) is 9.55 Å². The van der Waals surface area contributed by atoms with E-state index in [1.807, 2.05) is 0 Å². The first kappa shape index (κ1) is 13.1. The average molecular weight is 246 g/mol. The van der Waals surface area contributed by atoms with Crippen LogP contribution in [0.3, 0.4) is 0 Å². The lowest BCUT2D eigenvalue weighted by atomic mass is 10.3. The lowest BCUT2D eigenvalue weighted by Crippen LogP contribution is -2.35. The van der Waals surface area contributed by atoms with Crippen molar-refractivity contribution in [2.45, 2.75) is 12.6 Å². The Labute approximate surface area is 94.8 Å². The quantitative estimate of drug-likeness (QED) is 0.715. The summed E-state index contributed by atoms with van der Waals surface area (Å²) in [5.74, 6) is -1.77. The molecule has 94 valence electrons. The Morgan fingerprint density at radius 2 is 2.18 bits per heavy atom. The molecule has 0 spiro atoms. The molecule has 1 N–H and O–H groups in total. The van der Waals surface area contributed by atoms with Crippen molar-refractivity contribution in [3.63, 3.8) is 0 Å². The number of nitrogens with one attached hydrogen (secondary N) is 1. The van der Waals surface area contributed by atoms with E-state index in [1.165, 1.54) is 14.2 Å². The first-order valence-electron chi connectivity index (χ1n) is 4.60. The van der Waals surface area contributed by atoms with Gasteiger partial charge in [0.2, 0.25) is 5.82 Å². The standard InChI is InChI=1S/C9H11FN2O5/c1-16-6(3-7(13)17-2)12-4-5(10)8(14)11-9(12)15/h4,6H,3H2,1-2H3,(H,11,14,15). The Bertz CT molecular complexity index is 521. The topological polar surface area (TPSA) is 90.4 Å². The van der Waals surface area contributed by atoms with Gasteiger partial charge in [0.1, 0.15) is 6.23 Å². The van der Waals surface area contributed by atoms with Crippen LogP contribution in [-0.4, -0.2) is 29.7 Å². The number of rotatable bonds is 4. The van der Waals surface area contributed by atoms with Crippen molar-refractivity contribution >= 4 is 5.97 Å². The van der Waals surface area contributed by atoms with Gasteiger partial charge in [-0.3, -0.25) is 19.1 Å². The largest absolute Gasteiger partial charge is 0.469 e. The normalized spacial score (nSPS) is 12.2. The van der Waals surface area contributed by atoms with Crippen LogP contribution in [0.25, 0.3) is 0 Å². The van der Waals surface area contributed by atoms with Crippen LogP contribution in [0.2, 0.25) is 0 Å². The summed E-state index contributed by atoms with van der Waals surface area (Å²) in [7, 11) is 2.41. The van der Waals surface area contributed by atoms with Gasteiger partial charge < -0.3 is 9.47 Å². The zero-order valence-electron chi connectivity index (χ0n) is 9.23. The SMILES string of the molecule is COC(=O)CC(OC)n1cc(F)c(=O)[nH]c1=O. The van der Waals surface area contributed by atoms with Crippen LogP contribution in [0.4, 0.5) is 4.39 Å². The molecule has 0 aromatic carbocycles. The molecule has 1 aromatic heterocycles. The molecular formula is C9H11FN2O5. The van der Waals surface area contributed by atoms with Gasteiger partial charge >= 0.3 is 11.7 Å². The molecular weight excluding hydrogens is 235 g/mol. The molecule has 1 atom stereocenters. The Morgan fingerprint density at radius 3 is 2.71 bits per heavy atom. The molecule has 0 fully saturated rings. The molecule has 0 aliphatic heterocycles. The van der Waals surface area contributed by atoms with Crippen LogP contribution < -0.4 is 11.2 Å². The van der Waals surface area contributed by atoms with Gasteiger partial charge in [-0.2, -0.15) is 4.39 Å². The number of aromatic amines is 1. The molecule has 1 rings (SSSR count). The highest BCUT2D eigenvalue weighted by Gasteiger charge is 2.18. The maximum absolute atomic E-state index is 13.0. The van der Waals surface area contributed by atoms with Gasteiger partial charge in [0.25, 0.3) is 5.56 Å². The monoisotopic (exact) mass is 246 g/mol. The summed E-state index contributed by atoms with van der Waals surface area (Å²) in [5, 5.41) is 0. The maximum atomic E-state index is 13.0. The fourth-order valence-electron chi connectivity index (χ4n) is 1.20. The molecule has 7 nitrogen and oxygen atoms in total. The van der Waals surface area contributed by atoms with E-state index in [9.17, 15) is 18.8 Å². The van der Waals surface area contributed by atoms with Crippen molar-refractivity contribution in [3.05, 3.63) is 32.9 Å². The Hall–Kier alpha value is -1.96. The second kappa shape index (κ2) is 5.39. The third-order valence-corrected chi connectivity index (χ3v) is 2.08. The van der Waals surface area contributed by atoms with Crippen molar-refractivity contribution < 1.29 is 18.7 Å². The molecule has 0 aliphatic rings. The zero-order valence-corrected chi connectivity index (χ0v) is 9.23. The van der Waals surface area contributed by atoms with Crippen LogP contribution in [-0.2, 0) is 14.3 Å². The molecule has 0 saturated heterocycles. The molecule has 0 amide bonds. The smallest absolute Gasteiger partial charge is 0.330 e. The van der Waals surface area contributed by atoms with Gasteiger partial charge in [-0.25, -0.2) is 4.79 Å². The molecule has 8 heteroatoms. The number of esters is 1. The second-order valence-corrected chi connectivity index (χ2v) is 3.11. The van der Waals surface area contributed by atoms with Crippen LogP contribution in [0.5, 0.6) is 0 Å². The molecule has 17 heavy (non-hydrogen) atoms. The lowest BCUT2D eigenvalue weighted by Gasteiger charge is -2.16. The minimum absolute atomic E-state index is 0.279. The number of methoxy groups -OCH3 is 2. The highest BCUT2D eigenvalue weighted by molar-refractivity contribution is 5.69. The van der Waals surface area contributed by atoms with Gasteiger partial charge in [-0.15, -0.1) is 0 Å². The summed E-state index contributed by atoms with van der Waals surface area (Å²) in [5.41, 5.74) is -1.99. The van der Waals surface area contributed by atoms with Crippen molar-refractivity contribution in [3.8, 4) is 0 Å². The van der Waals surface area contributed by atoms with E-state index < -0.39 is 29.3 Å². The number of carbonyl (C=O) groups excluding carboxylic acids is 1. The fourth-order valence-corrected chi connectivity index (χ4v) is 1.20. The third-order valence-electron chi connectivity index (χ3n) is 2.08. The molecule has 1 unspecified atom stereocenters. The molecule has 0 aliphatic carbocycles. The van der Waals surface area contributed by atoms with Crippen molar-refractivity contribution in [2.75, 3.05) is 14.2 Å². The van der Waals surface area contributed by atoms with E-state index in [0.29, 0.717) is 6.20 Å². The number of hydrogen-bond donors (Lipinski definition) is 1. The number of hydrogen-bond acceptors (Lipinski definition) is 5. The summed E-state index contributed by atoms with van der Waals surface area (Å²) in [6.45, 7) is 0. The summed E-state index contributed by atoms with van der Waals surface area (Å²) < 4.78 is 23.0. The zero-order chi connectivity index (χ0) is 13.0. The minimum atomic E-state index is -1.14. The van der Waals surface area contributed by atoms with Crippen molar-refractivity contribution in [2.24, 2.45) is 0 Å². The summed E-state index contributed by atoms with van der Waals surface area (Å²) >= 11 is 0. The van der Waals surface area contributed by atoms with Crippen LogP contribution in [0, 0.1) is 5.82 Å². The number of aromatic nitrogens is 2. The van der Waals surface area contributed by atoms with Crippen LogP contribution in [0.1, 0.15) is 12.6 Å². The van der Waals surface area contributed by atoms with E-state index in [-0.39, 0.29) is 6.42 Å². The lowest BCUT2D eigenvalue weighted by molar-refractivity contribution is -0.145. The number of nitrogens with zero attached hydrogens (tertiary/aromatic N) is 1. The molecule has 0 saturated carbocycles. The first-order chi connectivity index (χ1) is 7.99. The van der Waals surface area contributed by atoms with Crippen molar-refractivity contribution in [1.29, 1.82) is 0 Å². The van der Waals surface area contributed by atoms with E-state index in [2.05, 4.69) is 4.74 Å². The van der Waals surface area contributed by atoms with E-state index in [0.717, 1.165) is 4.57 Å². The minimum Gasteiger partial charge on any atom is -0.469 e. The van der Waals surface area contributed by atoms with Gasteiger partial charge in [0.05, 0.1) is 19.7 Å². The summed E-state index contributed by atoms with van der Waals surface area (Å²) in [4.78, 5) is 35.0. The predicted octanol–water partition coefficient (Wildman–Crippen LogP) is -0.616. The van der Waals surface area contributed by atoms with E-state index in [4.69, 9.17) is 4.74 Å². The van der Waals surface area contributed by atoms with Gasteiger partial charge in [-0.05, 0) is 0 Å². The Kier molecular flexibility index (Phi) is 4.16. The van der Waals surface area contributed by atoms with E-state index >= 15 is 0 Å². The van der Waals surface area contributed by atoms with Gasteiger partial charge in [0, 0.05) is 7.11 Å². The predicted molar refractivity (Wildman–Crippen MR) is 54.0 cm³/mol. The second-order valence-electron chi connectivity index (χ2n) is 3.11. The summed E-state index contributed by atoms with van der Waals surface area (Å²) in [6, 6.07) is 0. The fraction of sp³-hybridized carbons (Fsp3) is 0.444. The average Bonchev–Trinajstić information content (AvgIpc) is 2.30. The molecule has 1 heterocycles. The molecule has 0 radical (unpaired) electrons. The molecule has 0 bridgehead atoms. The third kappa shape index (κ3) is 3.00. The van der Waals surface area contributed by atoms with Gasteiger partial charge in [0.15, 0.2) is 0 Å². The highest BCUT2D eigenvalue weighted by atomic mass is 19.1. The number of H-pyrrole nitrogens is 1. The Balaban J connectivity index is 3.12. The van der Waals surface area contributed by atoms with Gasteiger partial charge in [-0.1, -0.05) is 0 Å². The summed E-state index contributed by atoms with van der Waals surface area (Å²) in [6.07, 6.45) is -0.641. The van der Waals surface area contributed by atoms with E-state index in [1.54, 1.807) is 4.98 Å². The number of carbonyl (C=O) groups is 1. The Morgan fingerprint density at radius 1 is 1.53 bits per heavy atom. The maximum Gasteiger partial charge on any atom is 0.330 e. The van der Waals surface area contributed by atoms with Crippen LogP contribution in [0.15, 0.2) is 15.8 Å². The van der Waals surface area contributed by atoms with Crippen LogP contribution >= 0.6 is 0 Å². The highest BCUT2D eigenvalue weighted by Crippen LogP contribution is 2.10.